The van der Waals surface area contributed by atoms with Gasteiger partial charge in [-0.25, -0.2) is 4.39 Å². The van der Waals surface area contributed by atoms with Crippen LogP contribution < -0.4 is 4.74 Å². The van der Waals surface area contributed by atoms with Crippen LogP contribution in [0.15, 0.2) is 36.4 Å². The van der Waals surface area contributed by atoms with Crippen LogP contribution in [0.3, 0.4) is 0 Å². The summed E-state index contributed by atoms with van der Waals surface area (Å²) in [5.41, 5.74) is -0.277. The molecule has 0 atom stereocenters. The predicted octanol–water partition coefficient (Wildman–Crippen LogP) is 3.67. The van der Waals surface area contributed by atoms with Crippen molar-refractivity contribution in [2.24, 2.45) is 0 Å². The van der Waals surface area contributed by atoms with Crippen molar-refractivity contribution in [3.05, 3.63) is 62.9 Å². The van der Waals surface area contributed by atoms with Crippen molar-refractivity contribution >= 4 is 17.3 Å². The van der Waals surface area contributed by atoms with E-state index in [0.717, 1.165) is 12.1 Å². The van der Waals surface area contributed by atoms with E-state index in [4.69, 9.17) is 16.3 Å². The molecule has 0 aliphatic carbocycles. The van der Waals surface area contributed by atoms with Crippen molar-refractivity contribution in [2.45, 2.75) is 6.61 Å². The minimum Gasteiger partial charge on any atom is -0.447 e. The van der Waals surface area contributed by atoms with E-state index in [1.807, 2.05) is 0 Å². The number of para-hydroxylation sites is 1. The Morgan fingerprint density at radius 2 is 2.00 bits per heavy atom. The highest BCUT2D eigenvalue weighted by molar-refractivity contribution is 6.31. The molecule has 0 bridgehead atoms. The number of aliphatic hydroxyl groups is 1. The van der Waals surface area contributed by atoms with Gasteiger partial charge in [0.25, 0.3) is 0 Å². The third-order valence-electron chi connectivity index (χ3n) is 2.59. The van der Waals surface area contributed by atoms with E-state index in [-0.39, 0.29) is 16.3 Å². The molecule has 1 N–H and O–H groups in total. The van der Waals surface area contributed by atoms with E-state index < -0.39 is 28.8 Å². The van der Waals surface area contributed by atoms with Gasteiger partial charge >= 0.3 is 5.69 Å². The zero-order valence-electron chi connectivity index (χ0n) is 10.0. The van der Waals surface area contributed by atoms with Gasteiger partial charge in [-0.3, -0.25) is 10.1 Å². The lowest BCUT2D eigenvalue weighted by molar-refractivity contribution is -0.385. The van der Waals surface area contributed by atoms with Gasteiger partial charge in [0.15, 0.2) is 5.82 Å². The summed E-state index contributed by atoms with van der Waals surface area (Å²) in [5, 5.41) is 20.3. The quantitative estimate of drug-likeness (QED) is 0.690. The van der Waals surface area contributed by atoms with E-state index in [1.165, 1.54) is 24.3 Å². The molecule has 0 aliphatic rings. The number of nitrogens with zero attached hydrogens (tertiary/aromatic N) is 1. The maximum Gasteiger partial charge on any atom is 0.314 e. The number of benzene rings is 2. The molecular weight excluding hydrogens is 289 g/mol. The van der Waals surface area contributed by atoms with Crippen LogP contribution in [0.2, 0.25) is 5.02 Å². The molecule has 2 aromatic carbocycles. The molecule has 0 unspecified atom stereocenters. The molecule has 0 saturated carbocycles. The van der Waals surface area contributed by atoms with Crippen LogP contribution in [0, 0.1) is 15.9 Å². The van der Waals surface area contributed by atoms with Crippen molar-refractivity contribution < 1.29 is 19.2 Å². The maximum absolute atomic E-state index is 13.7. The normalized spacial score (nSPS) is 10.3. The van der Waals surface area contributed by atoms with Crippen LogP contribution in [0.5, 0.6) is 11.5 Å². The van der Waals surface area contributed by atoms with Gasteiger partial charge in [0.1, 0.15) is 5.75 Å². The number of rotatable bonds is 4. The highest BCUT2D eigenvalue weighted by Gasteiger charge is 2.21. The number of hydrogen-bond donors (Lipinski definition) is 1. The number of halogens is 2. The number of nitro benzene ring substituents is 1. The Bertz CT molecular complexity index is 663. The lowest BCUT2D eigenvalue weighted by Crippen LogP contribution is -1.98. The van der Waals surface area contributed by atoms with Crippen molar-refractivity contribution in [1.29, 1.82) is 0 Å². The first kappa shape index (κ1) is 14.2. The molecule has 0 amide bonds. The summed E-state index contributed by atoms with van der Waals surface area (Å²) < 4.78 is 19.0. The summed E-state index contributed by atoms with van der Waals surface area (Å²) in [6.07, 6.45) is 0. The second-order valence-corrected chi connectivity index (χ2v) is 4.23. The maximum atomic E-state index is 13.7. The predicted molar refractivity (Wildman–Crippen MR) is 70.5 cm³/mol. The summed E-state index contributed by atoms with van der Waals surface area (Å²) in [4.78, 5) is 10.1. The fourth-order valence-corrected chi connectivity index (χ4v) is 1.87. The average Bonchev–Trinajstić information content (AvgIpc) is 2.41. The van der Waals surface area contributed by atoms with Crippen molar-refractivity contribution in [1.82, 2.24) is 0 Å². The molecule has 20 heavy (non-hydrogen) atoms. The molecule has 0 aliphatic heterocycles. The molecule has 0 heterocycles. The zero-order valence-corrected chi connectivity index (χ0v) is 10.8. The molecule has 0 spiro atoms. The fourth-order valence-electron chi connectivity index (χ4n) is 1.64. The number of nitro groups is 1. The third kappa shape index (κ3) is 2.71. The second-order valence-electron chi connectivity index (χ2n) is 3.82. The first-order valence-electron chi connectivity index (χ1n) is 5.53. The van der Waals surface area contributed by atoms with Crippen LogP contribution in [-0.4, -0.2) is 10.0 Å². The largest absolute Gasteiger partial charge is 0.447 e. The van der Waals surface area contributed by atoms with E-state index in [1.54, 1.807) is 0 Å². The van der Waals surface area contributed by atoms with Crippen molar-refractivity contribution in [2.75, 3.05) is 0 Å². The molecule has 104 valence electrons. The summed E-state index contributed by atoms with van der Waals surface area (Å²) in [5.74, 6) is -1.33. The van der Waals surface area contributed by atoms with Gasteiger partial charge in [-0.15, -0.1) is 0 Å². The van der Waals surface area contributed by atoms with Gasteiger partial charge < -0.3 is 9.84 Å². The molecule has 0 saturated heterocycles. The van der Waals surface area contributed by atoms with E-state index >= 15 is 0 Å². The molecule has 0 aromatic heterocycles. The Morgan fingerprint density at radius 1 is 1.30 bits per heavy atom. The first-order valence-corrected chi connectivity index (χ1v) is 5.91. The smallest absolute Gasteiger partial charge is 0.314 e. The number of hydrogen-bond acceptors (Lipinski definition) is 4. The van der Waals surface area contributed by atoms with Crippen molar-refractivity contribution in [3.8, 4) is 11.5 Å². The van der Waals surface area contributed by atoms with Gasteiger partial charge in [0, 0.05) is 16.7 Å². The Balaban J connectivity index is 2.50. The highest BCUT2D eigenvalue weighted by Crippen LogP contribution is 2.36. The third-order valence-corrected chi connectivity index (χ3v) is 2.94. The topological polar surface area (TPSA) is 72.6 Å². The van der Waals surface area contributed by atoms with E-state index in [0.29, 0.717) is 0 Å². The van der Waals surface area contributed by atoms with E-state index in [2.05, 4.69) is 0 Å². The Kier molecular flexibility index (Phi) is 4.16. The van der Waals surface area contributed by atoms with Crippen molar-refractivity contribution in [3.63, 3.8) is 0 Å². The summed E-state index contributed by atoms with van der Waals surface area (Å²) in [6, 6.07) is 7.88. The molecule has 5 nitrogen and oxygen atoms in total. The van der Waals surface area contributed by atoms with Crippen LogP contribution in [0.1, 0.15) is 5.56 Å². The highest BCUT2D eigenvalue weighted by atomic mass is 35.5. The second kappa shape index (κ2) is 5.85. The fraction of sp³-hybridized carbons (Fsp3) is 0.0769. The summed E-state index contributed by atoms with van der Waals surface area (Å²) >= 11 is 5.87. The molecule has 7 heteroatoms. The Morgan fingerprint density at radius 3 is 2.65 bits per heavy atom. The van der Waals surface area contributed by atoms with Gasteiger partial charge in [-0.1, -0.05) is 23.7 Å². The first-order chi connectivity index (χ1) is 9.54. The monoisotopic (exact) mass is 297 g/mol. The minimum atomic E-state index is -0.872. The van der Waals surface area contributed by atoms with Crippen LogP contribution in [0.25, 0.3) is 0 Å². The van der Waals surface area contributed by atoms with Gasteiger partial charge in [0.05, 0.1) is 11.5 Å². The van der Waals surface area contributed by atoms with E-state index in [9.17, 15) is 19.6 Å². The molecule has 0 radical (unpaired) electrons. The van der Waals surface area contributed by atoms with Gasteiger partial charge in [0.2, 0.25) is 5.75 Å². The SMILES string of the molecule is O=[N+]([O-])c1cccc(F)c1Oc1cccc(Cl)c1CO. The Hall–Kier alpha value is -2.18. The van der Waals surface area contributed by atoms with Crippen LogP contribution in [-0.2, 0) is 6.61 Å². The molecule has 2 rings (SSSR count). The number of ether oxygens (including phenoxy) is 1. The lowest BCUT2D eigenvalue weighted by Gasteiger charge is -2.11. The van der Waals surface area contributed by atoms with Gasteiger partial charge in [-0.05, 0) is 18.2 Å². The minimum absolute atomic E-state index is 0.0631. The molecular formula is C13H9ClFNO4. The number of aliphatic hydroxyl groups excluding tert-OH is 1. The summed E-state index contributed by atoms with van der Waals surface area (Å²) in [7, 11) is 0. The standard InChI is InChI=1S/C13H9ClFNO4/c14-9-3-1-6-12(8(9)7-17)20-13-10(15)4-2-5-11(13)16(18)19/h1-6,17H,7H2. The molecule has 0 fully saturated rings. The average molecular weight is 298 g/mol. The zero-order chi connectivity index (χ0) is 14.7. The van der Waals surface area contributed by atoms with Crippen LogP contribution in [0.4, 0.5) is 10.1 Å². The van der Waals surface area contributed by atoms with Gasteiger partial charge in [-0.2, -0.15) is 0 Å². The van der Waals surface area contributed by atoms with Crippen LogP contribution >= 0.6 is 11.6 Å². The Labute approximate surface area is 118 Å². The lowest BCUT2D eigenvalue weighted by atomic mass is 10.2. The molecule has 2 aromatic rings. The summed E-state index contributed by atoms with van der Waals surface area (Å²) in [6.45, 7) is -0.433.